The standard InChI is InChI=1S/C12H18N2O5S2/c1-3-14(21(2,18)19)8-4-7-13-11(15)9-5-6-10(20-9)12(16)17/h5-6H,3-4,7-8H2,1-2H3,(H,13,15)(H,16,17). The Morgan fingerprint density at radius 2 is 1.95 bits per heavy atom. The maximum atomic E-state index is 11.8. The van der Waals surface area contributed by atoms with Crippen molar-refractivity contribution in [2.75, 3.05) is 25.9 Å². The van der Waals surface area contributed by atoms with E-state index in [1.165, 1.54) is 16.4 Å². The van der Waals surface area contributed by atoms with Gasteiger partial charge in [-0.3, -0.25) is 4.79 Å². The van der Waals surface area contributed by atoms with Crippen LogP contribution >= 0.6 is 11.3 Å². The molecule has 1 rings (SSSR count). The Morgan fingerprint density at radius 1 is 1.33 bits per heavy atom. The summed E-state index contributed by atoms with van der Waals surface area (Å²) in [4.78, 5) is 22.9. The molecule has 0 aromatic carbocycles. The molecule has 1 aromatic heterocycles. The van der Waals surface area contributed by atoms with Crippen LogP contribution in [-0.4, -0.2) is 55.6 Å². The van der Waals surface area contributed by atoms with Crippen molar-refractivity contribution in [1.29, 1.82) is 0 Å². The highest BCUT2D eigenvalue weighted by Gasteiger charge is 2.15. The minimum Gasteiger partial charge on any atom is -0.477 e. The second-order valence-corrected chi connectivity index (χ2v) is 7.40. The van der Waals surface area contributed by atoms with Crippen molar-refractivity contribution >= 4 is 33.2 Å². The van der Waals surface area contributed by atoms with Gasteiger partial charge in [-0.05, 0) is 18.6 Å². The van der Waals surface area contributed by atoms with Gasteiger partial charge in [0.1, 0.15) is 4.88 Å². The molecule has 118 valence electrons. The van der Waals surface area contributed by atoms with Gasteiger partial charge in [-0.25, -0.2) is 17.5 Å². The zero-order valence-corrected chi connectivity index (χ0v) is 13.5. The van der Waals surface area contributed by atoms with E-state index in [9.17, 15) is 18.0 Å². The second-order valence-electron chi connectivity index (χ2n) is 4.33. The van der Waals surface area contributed by atoms with Crippen LogP contribution in [0, 0.1) is 0 Å². The molecule has 0 fully saturated rings. The quantitative estimate of drug-likeness (QED) is 0.686. The minimum atomic E-state index is -3.22. The van der Waals surface area contributed by atoms with Gasteiger partial charge < -0.3 is 10.4 Å². The summed E-state index contributed by atoms with van der Waals surface area (Å²) in [7, 11) is -3.22. The zero-order chi connectivity index (χ0) is 16.0. The smallest absolute Gasteiger partial charge is 0.345 e. The van der Waals surface area contributed by atoms with Gasteiger partial charge in [0.25, 0.3) is 5.91 Å². The second kappa shape index (κ2) is 7.53. The molecular weight excluding hydrogens is 316 g/mol. The van der Waals surface area contributed by atoms with Gasteiger partial charge in [0.2, 0.25) is 10.0 Å². The number of hydrogen-bond acceptors (Lipinski definition) is 5. The average molecular weight is 334 g/mol. The molecule has 0 aliphatic carbocycles. The van der Waals surface area contributed by atoms with Gasteiger partial charge in [-0.15, -0.1) is 11.3 Å². The predicted octanol–water partition coefficient (Wildman–Crippen LogP) is 0.848. The molecule has 1 aromatic rings. The molecule has 0 saturated heterocycles. The van der Waals surface area contributed by atoms with E-state index in [1.807, 2.05) is 0 Å². The van der Waals surface area contributed by atoms with Crippen molar-refractivity contribution in [2.45, 2.75) is 13.3 Å². The first kappa shape index (κ1) is 17.6. The summed E-state index contributed by atoms with van der Waals surface area (Å²) in [5, 5.41) is 11.4. The van der Waals surface area contributed by atoms with E-state index in [0.717, 1.165) is 17.6 Å². The molecule has 0 aliphatic heterocycles. The average Bonchev–Trinajstić information content (AvgIpc) is 2.86. The highest BCUT2D eigenvalue weighted by molar-refractivity contribution is 7.88. The predicted molar refractivity (Wildman–Crippen MR) is 80.3 cm³/mol. The summed E-state index contributed by atoms with van der Waals surface area (Å²) in [6.07, 6.45) is 1.64. The van der Waals surface area contributed by atoms with Gasteiger partial charge >= 0.3 is 5.97 Å². The summed E-state index contributed by atoms with van der Waals surface area (Å²) >= 11 is 0.904. The summed E-state index contributed by atoms with van der Waals surface area (Å²) in [5.74, 6) is -1.42. The Balaban J connectivity index is 2.41. The summed E-state index contributed by atoms with van der Waals surface area (Å²) in [6.45, 7) is 2.80. The highest BCUT2D eigenvalue weighted by atomic mass is 32.2. The van der Waals surface area contributed by atoms with Crippen LogP contribution in [0.25, 0.3) is 0 Å². The van der Waals surface area contributed by atoms with Gasteiger partial charge in [0, 0.05) is 19.6 Å². The van der Waals surface area contributed by atoms with Crippen molar-refractivity contribution in [1.82, 2.24) is 9.62 Å². The van der Waals surface area contributed by atoms with E-state index >= 15 is 0 Å². The van der Waals surface area contributed by atoms with Crippen molar-refractivity contribution in [3.05, 3.63) is 21.9 Å². The molecule has 0 radical (unpaired) electrons. The number of nitrogens with one attached hydrogen (secondary N) is 1. The third-order valence-electron chi connectivity index (χ3n) is 2.73. The van der Waals surface area contributed by atoms with Crippen molar-refractivity contribution in [2.24, 2.45) is 0 Å². The maximum Gasteiger partial charge on any atom is 0.345 e. The van der Waals surface area contributed by atoms with E-state index in [4.69, 9.17) is 5.11 Å². The lowest BCUT2D eigenvalue weighted by Crippen LogP contribution is -2.33. The minimum absolute atomic E-state index is 0.106. The van der Waals surface area contributed by atoms with Crippen LogP contribution in [0.1, 0.15) is 32.7 Å². The largest absolute Gasteiger partial charge is 0.477 e. The first-order valence-corrected chi connectivity index (χ1v) is 8.98. The maximum absolute atomic E-state index is 11.8. The van der Waals surface area contributed by atoms with Crippen LogP contribution in [0.2, 0.25) is 0 Å². The Kier molecular flexibility index (Phi) is 6.31. The van der Waals surface area contributed by atoms with Crippen LogP contribution in [-0.2, 0) is 10.0 Å². The third-order valence-corrected chi connectivity index (χ3v) is 5.18. The first-order chi connectivity index (χ1) is 9.75. The fourth-order valence-electron chi connectivity index (χ4n) is 1.68. The number of amides is 1. The molecule has 0 unspecified atom stereocenters. The van der Waals surface area contributed by atoms with E-state index in [0.29, 0.717) is 30.9 Å². The molecule has 0 saturated carbocycles. The summed E-state index contributed by atoms with van der Waals surface area (Å²) in [5.41, 5.74) is 0. The zero-order valence-electron chi connectivity index (χ0n) is 11.8. The van der Waals surface area contributed by atoms with Crippen molar-refractivity contribution in [3.8, 4) is 0 Å². The topological polar surface area (TPSA) is 104 Å². The summed E-state index contributed by atoms with van der Waals surface area (Å²) in [6, 6.07) is 2.84. The van der Waals surface area contributed by atoms with Crippen LogP contribution in [0.15, 0.2) is 12.1 Å². The number of carboxylic acid groups (broad SMARTS) is 1. The van der Waals surface area contributed by atoms with E-state index in [2.05, 4.69) is 5.32 Å². The fourth-order valence-corrected chi connectivity index (χ4v) is 3.37. The molecule has 1 heterocycles. The number of carbonyl (C=O) groups is 2. The normalized spacial score (nSPS) is 11.6. The first-order valence-electron chi connectivity index (χ1n) is 6.32. The number of rotatable bonds is 8. The third kappa shape index (κ3) is 5.44. The van der Waals surface area contributed by atoms with Gasteiger partial charge in [-0.2, -0.15) is 0 Å². The molecule has 2 N–H and O–H groups in total. The number of aromatic carboxylic acids is 1. The molecule has 21 heavy (non-hydrogen) atoms. The number of sulfonamides is 1. The van der Waals surface area contributed by atoms with E-state index in [-0.39, 0.29) is 10.8 Å². The Morgan fingerprint density at radius 3 is 2.43 bits per heavy atom. The van der Waals surface area contributed by atoms with Gasteiger partial charge in [0.05, 0.1) is 11.1 Å². The molecule has 9 heteroatoms. The van der Waals surface area contributed by atoms with Gasteiger partial charge in [0.15, 0.2) is 0 Å². The number of carbonyl (C=O) groups excluding carboxylic acids is 1. The molecule has 0 aliphatic rings. The molecular formula is C12H18N2O5S2. The molecule has 0 spiro atoms. The SMILES string of the molecule is CCN(CCCNC(=O)c1ccc(C(=O)O)s1)S(C)(=O)=O. The Bertz CT molecular complexity index is 609. The van der Waals surface area contributed by atoms with Crippen molar-refractivity contribution < 1.29 is 23.1 Å². The van der Waals surface area contributed by atoms with Crippen LogP contribution in [0.3, 0.4) is 0 Å². The Labute approximate surface area is 127 Å². The van der Waals surface area contributed by atoms with Crippen LogP contribution < -0.4 is 5.32 Å². The summed E-state index contributed by atoms with van der Waals surface area (Å²) < 4.78 is 24.1. The lowest BCUT2D eigenvalue weighted by Gasteiger charge is -2.17. The van der Waals surface area contributed by atoms with E-state index < -0.39 is 16.0 Å². The lowest BCUT2D eigenvalue weighted by molar-refractivity contribution is 0.0702. The fraction of sp³-hybridized carbons (Fsp3) is 0.500. The molecule has 0 atom stereocenters. The number of thiophene rings is 1. The molecule has 7 nitrogen and oxygen atoms in total. The van der Waals surface area contributed by atoms with E-state index in [1.54, 1.807) is 6.92 Å². The van der Waals surface area contributed by atoms with Crippen LogP contribution in [0.5, 0.6) is 0 Å². The van der Waals surface area contributed by atoms with Crippen LogP contribution in [0.4, 0.5) is 0 Å². The monoisotopic (exact) mass is 334 g/mol. The number of nitrogens with zero attached hydrogens (tertiary/aromatic N) is 1. The number of hydrogen-bond donors (Lipinski definition) is 2. The number of carboxylic acids is 1. The lowest BCUT2D eigenvalue weighted by atomic mass is 10.3. The molecule has 0 bridgehead atoms. The Hall–Kier alpha value is -1.45. The van der Waals surface area contributed by atoms with Crippen molar-refractivity contribution in [3.63, 3.8) is 0 Å². The highest BCUT2D eigenvalue weighted by Crippen LogP contribution is 2.16. The molecule has 1 amide bonds. The van der Waals surface area contributed by atoms with Gasteiger partial charge in [-0.1, -0.05) is 6.92 Å².